The summed E-state index contributed by atoms with van der Waals surface area (Å²) in [6.45, 7) is 0.506. The zero-order chi connectivity index (χ0) is 15.9. The number of nitrogens with zero attached hydrogens (tertiary/aromatic N) is 2. The first-order valence-corrected chi connectivity index (χ1v) is 6.99. The number of fused-ring (bicyclic) bond motifs is 1. The SMILES string of the molecule is COC1=Cc2c(C(N)=O)c(Cl)c(-c3cccnc3F)n2CC1. The number of rotatable bonds is 3. The average Bonchev–Trinajstić information content (AvgIpc) is 2.79. The molecule has 1 aliphatic heterocycles. The molecule has 0 unspecified atom stereocenters. The Balaban J connectivity index is 2.32. The highest BCUT2D eigenvalue weighted by molar-refractivity contribution is 6.37. The molecular formula is C15H13ClFN3O2. The maximum Gasteiger partial charge on any atom is 0.252 e. The van der Waals surface area contributed by atoms with Crippen molar-refractivity contribution >= 4 is 23.6 Å². The van der Waals surface area contributed by atoms with Crippen LogP contribution < -0.4 is 5.73 Å². The average molecular weight is 322 g/mol. The van der Waals surface area contributed by atoms with Crippen LogP contribution in [-0.4, -0.2) is 22.6 Å². The molecule has 3 rings (SSSR count). The summed E-state index contributed by atoms with van der Waals surface area (Å²) in [5.74, 6) is -0.609. The van der Waals surface area contributed by atoms with E-state index in [-0.39, 0.29) is 16.1 Å². The van der Waals surface area contributed by atoms with Crippen LogP contribution in [0.15, 0.2) is 24.1 Å². The first kappa shape index (κ1) is 14.6. The third kappa shape index (κ3) is 2.16. The lowest BCUT2D eigenvalue weighted by Crippen LogP contribution is -2.15. The number of carbonyl (C=O) groups excluding carboxylic acids is 1. The molecule has 2 N–H and O–H groups in total. The van der Waals surface area contributed by atoms with Gasteiger partial charge in [-0.05, 0) is 12.1 Å². The summed E-state index contributed by atoms with van der Waals surface area (Å²) >= 11 is 6.33. The van der Waals surface area contributed by atoms with E-state index >= 15 is 0 Å². The second-order valence-electron chi connectivity index (χ2n) is 4.85. The molecule has 2 aromatic rings. The molecule has 0 saturated heterocycles. The van der Waals surface area contributed by atoms with Gasteiger partial charge in [0.1, 0.15) is 0 Å². The monoisotopic (exact) mass is 321 g/mol. The van der Waals surface area contributed by atoms with Crippen molar-refractivity contribution < 1.29 is 13.9 Å². The Bertz CT molecular complexity index is 798. The van der Waals surface area contributed by atoms with E-state index in [1.807, 2.05) is 0 Å². The van der Waals surface area contributed by atoms with Gasteiger partial charge in [-0.2, -0.15) is 4.39 Å². The Morgan fingerprint density at radius 1 is 1.55 bits per heavy atom. The molecule has 0 atom stereocenters. The fraction of sp³-hybridized carbons (Fsp3) is 0.200. The molecular weight excluding hydrogens is 309 g/mol. The summed E-state index contributed by atoms with van der Waals surface area (Å²) in [4.78, 5) is 15.4. The molecule has 0 spiro atoms. The number of allylic oxidation sites excluding steroid dienone is 1. The Hall–Kier alpha value is -2.34. The first-order chi connectivity index (χ1) is 10.5. The second kappa shape index (κ2) is 5.46. The van der Waals surface area contributed by atoms with Gasteiger partial charge in [0.15, 0.2) is 0 Å². The van der Waals surface area contributed by atoms with Crippen LogP contribution in [0.2, 0.25) is 5.02 Å². The van der Waals surface area contributed by atoms with Crippen molar-refractivity contribution in [2.24, 2.45) is 5.73 Å². The van der Waals surface area contributed by atoms with Crippen LogP contribution in [0.4, 0.5) is 4.39 Å². The zero-order valence-corrected chi connectivity index (χ0v) is 12.5. The summed E-state index contributed by atoms with van der Waals surface area (Å²) in [5, 5.41) is 0.128. The lowest BCUT2D eigenvalue weighted by Gasteiger charge is -2.18. The number of ether oxygens (including phenoxy) is 1. The van der Waals surface area contributed by atoms with Crippen molar-refractivity contribution in [1.29, 1.82) is 0 Å². The van der Waals surface area contributed by atoms with E-state index in [0.29, 0.717) is 30.1 Å². The van der Waals surface area contributed by atoms with E-state index in [9.17, 15) is 9.18 Å². The van der Waals surface area contributed by atoms with Crippen LogP contribution in [0.5, 0.6) is 0 Å². The molecule has 1 amide bonds. The van der Waals surface area contributed by atoms with Crippen molar-refractivity contribution in [2.75, 3.05) is 7.11 Å². The molecule has 2 aromatic heterocycles. The molecule has 3 heterocycles. The van der Waals surface area contributed by atoms with E-state index in [4.69, 9.17) is 22.1 Å². The van der Waals surface area contributed by atoms with Gasteiger partial charge >= 0.3 is 0 Å². The van der Waals surface area contributed by atoms with Crippen molar-refractivity contribution in [3.8, 4) is 11.3 Å². The van der Waals surface area contributed by atoms with Gasteiger partial charge in [0.05, 0.1) is 40.4 Å². The topological polar surface area (TPSA) is 70.1 Å². The highest BCUT2D eigenvalue weighted by atomic mass is 35.5. The summed E-state index contributed by atoms with van der Waals surface area (Å²) in [6.07, 6.45) is 3.67. The van der Waals surface area contributed by atoms with Gasteiger partial charge in [-0.1, -0.05) is 11.6 Å². The third-order valence-electron chi connectivity index (χ3n) is 3.65. The highest BCUT2D eigenvalue weighted by Crippen LogP contribution is 2.39. The number of methoxy groups -OCH3 is 1. The van der Waals surface area contributed by atoms with Gasteiger partial charge in [-0.3, -0.25) is 4.79 Å². The van der Waals surface area contributed by atoms with E-state index in [1.54, 1.807) is 29.9 Å². The van der Waals surface area contributed by atoms with Crippen LogP contribution in [-0.2, 0) is 11.3 Å². The molecule has 5 nitrogen and oxygen atoms in total. The summed E-state index contributed by atoms with van der Waals surface area (Å²) in [6, 6.07) is 3.18. The predicted molar refractivity (Wildman–Crippen MR) is 80.8 cm³/mol. The van der Waals surface area contributed by atoms with Gasteiger partial charge in [-0.15, -0.1) is 0 Å². The number of hydrogen-bond acceptors (Lipinski definition) is 3. The van der Waals surface area contributed by atoms with Crippen LogP contribution in [0, 0.1) is 5.95 Å². The zero-order valence-electron chi connectivity index (χ0n) is 11.8. The molecule has 114 valence electrons. The third-order valence-corrected chi connectivity index (χ3v) is 4.01. The maximum absolute atomic E-state index is 14.0. The normalized spacial score (nSPS) is 13.5. The van der Waals surface area contributed by atoms with Gasteiger partial charge in [0.2, 0.25) is 5.95 Å². The molecule has 22 heavy (non-hydrogen) atoms. The van der Waals surface area contributed by atoms with Gasteiger partial charge in [-0.25, -0.2) is 4.98 Å². The number of nitrogens with two attached hydrogens (primary N) is 1. The van der Waals surface area contributed by atoms with Crippen LogP contribution in [0.25, 0.3) is 17.3 Å². The lowest BCUT2D eigenvalue weighted by atomic mass is 10.1. The maximum atomic E-state index is 14.0. The Morgan fingerprint density at radius 2 is 2.32 bits per heavy atom. The summed E-state index contributed by atoms with van der Waals surface area (Å²) in [7, 11) is 1.55. The molecule has 1 aliphatic rings. The largest absolute Gasteiger partial charge is 0.501 e. The molecule has 0 aromatic carbocycles. The number of aromatic nitrogens is 2. The quantitative estimate of drug-likeness (QED) is 0.884. The van der Waals surface area contributed by atoms with Gasteiger partial charge in [0, 0.05) is 25.2 Å². The van der Waals surface area contributed by atoms with Gasteiger partial charge in [0.25, 0.3) is 5.91 Å². The number of pyridine rings is 1. The smallest absolute Gasteiger partial charge is 0.252 e. The standard InChI is InChI=1S/C15H13ClFN3O2/c1-22-8-4-6-20-10(7-8)11(15(18)21)12(16)13(20)9-3-2-5-19-14(9)17/h2-3,5,7H,4,6H2,1H3,(H2,18,21). The van der Waals surface area contributed by atoms with E-state index in [1.165, 1.54) is 6.20 Å². The van der Waals surface area contributed by atoms with Crippen molar-refractivity contribution in [3.05, 3.63) is 46.3 Å². The molecule has 0 radical (unpaired) electrons. The Kier molecular flexibility index (Phi) is 3.62. The summed E-state index contributed by atoms with van der Waals surface area (Å²) in [5.41, 5.74) is 6.76. The minimum Gasteiger partial charge on any atom is -0.501 e. The van der Waals surface area contributed by atoms with Crippen molar-refractivity contribution in [3.63, 3.8) is 0 Å². The molecule has 7 heteroatoms. The minimum atomic E-state index is -0.669. The Labute approximate surface area is 131 Å². The first-order valence-electron chi connectivity index (χ1n) is 6.61. The number of primary amides is 1. The van der Waals surface area contributed by atoms with Crippen LogP contribution in [0.3, 0.4) is 0 Å². The van der Waals surface area contributed by atoms with Crippen molar-refractivity contribution in [2.45, 2.75) is 13.0 Å². The van der Waals surface area contributed by atoms with Crippen molar-refractivity contribution in [1.82, 2.24) is 9.55 Å². The molecule has 0 aliphatic carbocycles. The number of carbonyl (C=O) groups is 1. The molecule has 0 fully saturated rings. The van der Waals surface area contributed by atoms with Gasteiger partial charge < -0.3 is 15.0 Å². The number of amides is 1. The highest BCUT2D eigenvalue weighted by Gasteiger charge is 2.28. The summed E-state index contributed by atoms with van der Waals surface area (Å²) < 4.78 is 21.0. The second-order valence-corrected chi connectivity index (χ2v) is 5.22. The number of hydrogen-bond donors (Lipinski definition) is 1. The van der Waals surface area contributed by atoms with Crippen LogP contribution >= 0.6 is 11.6 Å². The Morgan fingerprint density at radius 3 is 2.95 bits per heavy atom. The lowest BCUT2D eigenvalue weighted by molar-refractivity contribution is 0.1000. The van der Waals surface area contributed by atoms with E-state index in [2.05, 4.69) is 4.98 Å². The molecule has 0 bridgehead atoms. The minimum absolute atomic E-state index is 0.128. The van der Waals surface area contributed by atoms with E-state index < -0.39 is 11.9 Å². The number of halogens is 2. The molecule has 0 saturated carbocycles. The van der Waals surface area contributed by atoms with E-state index in [0.717, 1.165) is 0 Å². The van der Waals surface area contributed by atoms with Crippen LogP contribution in [0.1, 0.15) is 22.5 Å². The fourth-order valence-electron chi connectivity index (χ4n) is 2.66. The fourth-order valence-corrected chi connectivity index (χ4v) is 3.05. The predicted octanol–water partition coefficient (Wildman–Crippen LogP) is 2.83.